The van der Waals surface area contributed by atoms with E-state index in [9.17, 15) is 4.79 Å². The number of aliphatic imine (C=N–C) groups is 1. The molecule has 1 atom stereocenters. The predicted molar refractivity (Wildman–Crippen MR) is 42.1 cm³/mol. The topological polar surface area (TPSA) is 102 Å². The molecule has 0 bridgehead atoms. The van der Waals surface area contributed by atoms with E-state index in [0.717, 1.165) is 6.42 Å². The molecular weight excluding hydrogens is 146 g/mol. The van der Waals surface area contributed by atoms with Gasteiger partial charge in [0.05, 0.1) is 0 Å². The number of carbonyl (C=O) groups is 1. The molecule has 5 nitrogen and oxygen atoms in total. The van der Waals surface area contributed by atoms with Crippen LogP contribution >= 0.6 is 0 Å². The first kappa shape index (κ1) is 9.74. The standard InChI is InChI=1S/C6H13N3O2/c1-2-3-4(5(10)11)9-6(7)8/h4H,2-3H2,1H3,(H,10,11)(H4,7,8,9). The van der Waals surface area contributed by atoms with Crippen molar-refractivity contribution in [2.75, 3.05) is 0 Å². The summed E-state index contributed by atoms with van der Waals surface area (Å²) >= 11 is 0. The van der Waals surface area contributed by atoms with Crippen LogP contribution in [0.1, 0.15) is 19.8 Å². The Hall–Kier alpha value is -1.26. The van der Waals surface area contributed by atoms with E-state index in [0.29, 0.717) is 6.42 Å². The molecule has 0 aliphatic rings. The highest BCUT2D eigenvalue weighted by Crippen LogP contribution is 2.00. The van der Waals surface area contributed by atoms with E-state index >= 15 is 0 Å². The third-order valence-electron chi connectivity index (χ3n) is 1.15. The van der Waals surface area contributed by atoms with Crippen LogP contribution in [0.4, 0.5) is 0 Å². The number of nitrogens with two attached hydrogens (primary N) is 2. The van der Waals surface area contributed by atoms with Gasteiger partial charge in [-0.15, -0.1) is 0 Å². The number of nitrogens with zero attached hydrogens (tertiary/aromatic N) is 1. The summed E-state index contributed by atoms with van der Waals surface area (Å²) in [6.45, 7) is 1.87. The van der Waals surface area contributed by atoms with E-state index in [4.69, 9.17) is 16.6 Å². The maximum absolute atomic E-state index is 10.4. The summed E-state index contributed by atoms with van der Waals surface area (Å²) < 4.78 is 0. The molecule has 0 radical (unpaired) electrons. The van der Waals surface area contributed by atoms with Crippen LogP contribution in [0.3, 0.4) is 0 Å². The van der Waals surface area contributed by atoms with E-state index in [1.165, 1.54) is 0 Å². The van der Waals surface area contributed by atoms with E-state index in [1.807, 2.05) is 6.92 Å². The molecule has 0 aliphatic carbocycles. The lowest BCUT2D eigenvalue weighted by Gasteiger charge is -2.04. The maximum atomic E-state index is 10.4. The Bertz CT molecular complexity index is 163. The van der Waals surface area contributed by atoms with Crippen molar-refractivity contribution in [3.05, 3.63) is 0 Å². The van der Waals surface area contributed by atoms with Crippen molar-refractivity contribution in [2.24, 2.45) is 16.5 Å². The van der Waals surface area contributed by atoms with Gasteiger partial charge in [-0.05, 0) is 6.42 Å². The second-order valence-electron chi connectivity index (χ2n) is 2.20. The minimum atomic E-state index is -0.986. The van der Waals surface area contributed by atoms with Gasteiger partial charge in [0, 0.05) is 0 Å². The van der Waals surface area contributed by atoms with Crippen LogP contribution < -0.4 is 11.5 Å². The normalized spacial score (nSPS) is 12.1. The molecule has 5 heteroatoms. The largest absolute Gasteiger partial charge is 0.480 e. The lowest BCUT2D eigenvalue weighted by Crippen LogP contribution is -2.28. The van der Waals surface area contributed by atoms with Crippen molar-refractivity contribution in [2.45, 2.75) is 25.8 Å². The van der Waals surface area contributed by atoms with Crippen LogP contribution in [0.2, 0.25) is 0 Å². The second kappa shape index (κ2) is 4.54. The molecule has 0 aromatic rings. The molecule has 0 saturated heterocycles. The van der Waals surface area contributed by atoms with Crippen LogP contribution in [0, 0.1) is 0 Å². The molecule has 0 fully saturated rings. The molecule has 0 aromatic heterocycles. The van der Waals surface area contributed by atoms with Crippen LogP contribution in [0.15, 0.2) is 4.99 Å². The summed E-state index contributed by atoms with van der Waals surface area (Å²) in [4.78, 5) is 13.9. The van der Waals surface area contributed by atoms with Crippen molar-refractivity contribution in [1.29, 1.82) is 0 Å². The predicted octanol–water partition coefficient (Wildman–Crippen LogP) is -0.487. The smallest absolute Gasteiger partial charge is 0.328 e. The number of hydrogen-bond donors (Lipinski definition) is 3. The van der Waals surface area contributed by atoms with E-state index in [-0.39, 0.29) is 5.96 Å². The molecule has 0 saturated carbocycles. The minimum absolute atomic E-state index is 0.175. The van der Waals surface area contributed by atoms with E-state index < -0.39 is 12.0 Å². The molecule has 0 aromatic carbocycles. The number of carboxylic acid groups (broad SMARTS) is 1. The summed E-state index contributed by atoms with van der Waals surface area (Å²) in [6, 6.07) is -0.787. The maximum Gasteiger partial charge on any atom is 0.328 e. The van der Waals surface area contributed by atoms with Crippen molar-refractivity contribution in [3.8, 4) is 0 Å². The fourth-order valence-electron chi connectivity index (χ4n) is 0.697. The highest BCUT2D eigenvalue weighted by atomic mass is 16.4. The highest BCUT2D eigenvalue weighted by Gasteiger charge is 2.14. The zero-order chi connectivity index (χ0) is 8.85. The molecule has 0 amide bonds. The van der Waals surface area contributed by atoms with Gasteiger partial charge in [0.25, 0.3) is 0 Å². The first-order chi connectivity index (χ1) is 5.07. The Labute approximate surface area is 65.1 Å². The van der Waals surface area contributed by atoms with Gasteiger partial charge in [-0.25, -0.2) is 9.79 Å². The Kier molecular flexibility index (Phi) is 4.02. The molecule has 0 spiro atoms. The monoisotopic (exact) mass is 159 g/mol. The van der Waals surface area contributed by atoms with Crippen LogP contribution in [-0.4, -0.2) is 23.1 Å². The van der Waals surface area contributed by atoms with Crippen molar-refractivity contribution in [3.63, 3.8) is 0 Å². The Morgan fingerprint density at radius 2 is 2.18 bits per heavy atom. The lowest BCUT2D eigenvalue weighted by molar-refractivity contribution is -0.138. The third-order valence-corrected chi connectivity index (χ3v) is 1.15. The van der Waals surface area contributed by atoms with E-state index in [2.05, 4.69) is 4.99 Å². The zero-order valence-corrected chi connectivity index (χ0v) is 6.45. The van der Waals surface area contributed by atoms with Gasteiger partial charge in [0.1, 0.15) is 0 Å². The number of guanidine groups is 1. The Morgan fingerprint density at radius 3 is 2.45 bits per heavy atom. The third kappa shape index (κ3) is 4.19. The molecule has 1 unspecified atom stereocenters. The minimum Gasteiger partial charge on any atom is -0.480 e. The Morgan fingerprint density at radius 1 is 1.64 bits per heavy atom. The average Bonchev–Trinajstić information content (AvgIpc) is 1.86. The number of rotatable bonds is 4. The van der Waals surface area contributed by atoms with Crippen LogP contribution in [-0.2, 0) is 4.79 Å². The van der Waals surface area contributed by atoms with Crippen molar-refractivity contribution >= 4 is 11.9 Å². The van der Waals surface area contributed by atoms with Gasteiger partial charge in [-0.2, -0.15) is 0 Å². The molecule has 0 aliphatic heterocycles. The fraction of sp³-hybridized carbons (Fsp3) is 0.667. The summed E-state index contributed by atoms with van der Waals surface area (Å²) in [5.74, 6) is -1.16. The number of hydrogen-bond acceptors (Lipinski definition) is 2. The van der Waals surface area contributed by atoms with Crippen molar-refractivity contribution in [1.82, 2.24) is 0 Å². The van der Waals surface area contributed by atoms with Gasteiger partial charge in [-0.3, -0.25) is 0 Å². The molecule has 11 heavy (non-hydrogen) atoms. The van der Waals surface area contributed by atoms with Gasteiger partial charge in [0.15, 0.2) is 12.0 Å². The van der Waals surface area contributed by atoms with Gasteiger partial charge in [0.2, 0.25) is 0 Å². The van der Waals surface area contributed by atoms with Gasteiger partial charge < -0.3 is 16.6 Å². The van der Waals surface area contributed by atoms with Crippen LogP contribution in [0.25, 0.3) is 0 Å². The van der Waals surface area contributed by atoms with Gasteiger partial charge in [-0.1, -0.05) is 13.3 Å². The first-order valence-electron chi connectivity index (χ1n) is 3.39. The summed E-state index contributed by atoms with van der Waals surface area (Å²) in [5.41, 5.74) is 10.1. The molecule has 5 N–H and O–H groups in total. The number of aliphatic carboxylic acids is 1. The molecular formula is C6H13N3O2. The van der Waals surface area contributed by atoms with E-state index in [1.54, 1.807) is 0 Å². The lowest BCUT2D eigenvalue weighted by atomic mass is 10.2. The molecule has 0 rings (SSSR count). The fourth-order valence-corrected chi connectivity index (χ4v) is 0.697. The Balaban J connectivity index is 4.11. The first-order valence-corrected chi connectivity index (χ1v) is 3.39. The zero-order valence-electron chi connectivity index (χ0n) is 6.45. The van der Waals surface area contributed by atoms with Crippen LogP contribution in [0.5, 0.6) is 0 Å². The summed E-state index contributed by atoms with van der Waals surface area (Å²) in [6.07, 6.45) is 1.21. The second-order valence-corrected chi connectivity index (χ2v) is 2.20. The SMILES string of the molecule is CCCC(N=C(N)N)C(=O)O. The number of carboxylic acids is 1. The molecule has 0 heterocycles. The summed E-state index contributed by atoms with van der Waals surface area (Å²) in [5, 5.41) is 8.54. The quantitative estimate of drug-likeness (QED) is 0.380. The summed E-state index contributed by atoms with van der Waals surface area (Å²) in [7, 11) is 0. The van der Waals surface area contributed by atoms with Gasteiger partial charge >= 0.3 is 5.97 Å². The average molecular weight is 159 g/mol. The molecule has 64 valence electrons. The van der Waals surface area contributed by atoms with Crippen molar-refractivity contribution < 1.29 is 9.90 Å². The highest BCUT2D eigenvalue weighted by molar-refractivity contribution is 5.81.